The van der Waals surface area contributed by atoms with E-state index >= 15 is 24.0 Å². The number of phenols is 3. The quantitative estimate of drug-likeness (QED) is 0.0145. The molecule has 41 heteroatoms. The van der Waals surface area contributed by atoms with Gasteiger partial charge in [-0.2, -0.15) is 0 Å². The number of rotatable bonds is 24. The summed E-state index contributed by atoms with van der Waals surface area (Å²) in [5.41, 5.74) is 19.1. The number of ether oxygens (including phenoxy) is 7. The number of nitrogens with one attached hydrogen (secondary N) is 9. The maximum Gasteiger partial charge on any atom is 0.248 e. The number of benzene rings is 7. The summed E-state index contributed by atoms with van der Waals surface area (Å²) in [4.78, 5) is 123. The van der Waals surface area contributed by atoms with Gasteiger partial charge in [0.25, 0.3) is 0 Å². The number of carbonyl (C=O) groups excluding carboxylic acids is 8. The highest BCUT2D eigenvalue weighted by Crippen LogP contribution is 2.50. The number of hydrogen-bond acceptors (Lipinski definition) is 27. The Morgan fingerprint density at radius 3 is 1.98 bits per heavy atom. The first-order chi connectivity index (χ1) is 59.5. The molecule has 0 radical (unpaired) electrons. The van der Waals surface area contributed by atoms with Gasteiger partial charge in [0.15, 0.2) is 23.9 Å². The largest absolute Gasteiger partial charge is 0.508 e. The standard InChI is InChI=1S/C84H94Cl4N14O23/c1-36(2)22-52(92-5)76(112)100-67-69(107)41-12-18-56(50(87)25-41)121-58-27-43-28-59(73(58)125-83-74(72(110)71(109)60(123-83)34-95-102-91)124-62-32-84(4,75(111)37(3)120-62)94-33-38-8-14-45(15-9-38)119-35-39-10-16-48(85)49(86)23-39)122-57-19-13-42(26-51(57)88)70(108)68-82(118)99-66(78(114)93-21-7-6-20-89)47-29-44(103)30-55(105)63(47)46-24-40(11-17-54(46)104)64(79(115)101-68)98-80(116)65(43)97-77(113)53(31-61(90)106)96-81(67)117/h8-19,23-30,36-37,52-53,60,62,64-72,74-75,83,92,94,103-105,107-111H,6-7,20-22,31-35,89H2,1-5H3,(H2,90,106)(H,93,114)(H,96,117)(H,97,113)(H,98,116)(H,99,118)(H,100,112)(H,101,115)/t37?,52-,53+,60?,62?,64?,65-,66-,67-,68+,69-,70-,71?,72?,74?,75?,83?,84?/m1/s1. The monoisotopic (exact) mass is 1810 g/mol. The predicted molar refractivity (Wildman–Crippen MR) is 450 cm³/mol. The lowest BCUT2D eigenvalue weighted by Crippen LogP contribution is -2.65. The Morgan fingerprint density at radius 2 is 1.34 bits per heavy atom. The highest BCUT2D eigenvalue weighted by Gasteiger charge is 2.52. The fraction of sp³-hybridized carbons (Fsp3) is 0.405. The second kappa shape index (κ2) is 40.5. The molecule has 14 rings (SSSR count). The molecule has 21 N–H and O–H groups in total. The third kappa shape index (κ3) is 21.7. The van der Waals surface area contributed by atoms with Gasteiger partial charge in [0.1, 0.15) is 102 Å². The van der Waals surface area contributed by atoms with Gasteiger partial charge >= 0.3 is 0 Å². The first-order valence-electron chi connectivity index (χ1n) is 39.8. The number of azide groups is 1. The number of aliphatic hydroxyl groups is 5. The number of halogens is 4. The molecular formula is C84H94Cl4N14O23. The van der Waals surface area contributed by atoms with Crippen LogP contribution in [-0.4, -0.2) is 194 Å². The summed E-state index contributed by atoms with van der Waals surface area (Å²) >= 11 is 26.8. The van der Waals surface area contributed by atoms with Gasteiger partial charge in [0.2, 0.25) is 59.3 Å². The van der Waals surface area contributed by atoms with Crippen LogP contribution in [-0.2, 0) is 65.7 Å². The van der Waals surface area contributed by atoms with Crippen LogP contribution in [0.3, 0.4) is 0 Å². The van der Waals surface area contributed by atoms with Crippen LogP contribution in [0.4, 0.5) is 0 Å². The molecule has 8 amide bonds. The Labute approximate surface area is 734 Å². The van der Waals surface area contributed by atoms with Gasteiger partial charge in [0, 0.05) is 47.2 Å². The average molecular weight is 1810 g/mol. The summed E-state index contributed by atoms with van der Waals surface area (Å²) in [5, 5.41) is 124. The zero-order valence-corrected chi connectivity index (χ0v) is 70.7. The molecule has 0 aliphatic carbocycles. The van der Waals surface area contributed by atoms with Crippen molar-refractivity contribution >= 4 is 93.7 Å². The third-order valence-corrected chi connectivity index (χ3v) is 23.2. The number of nitrogens with zero attached hydrogens (tertiary/aromatic N) is 3. The number of aliphatic hydroxyl groups excluding tert-OH is 5. The van der Waals surface area contributed by atoms with Crippen LogP contribution < -0.4 is 78.3 Å². The van der Waals surface area contributed by atoms with E-state index in [1.165, 1.54) is 25.2 Å². The van der Waals surface area contributed by atoms with E-state index in [2.05, 4.69) is 57.9 Å². The lowest BCUT2D eigenvalue weighted by molar-refractivity contribution is -0.331. The molecule has 2 fully saturated rings. The summed E-state index contributed by atoms with van der Waals surface area (Å²) in [7, 11) is 1.48. The predicted octanol–water partition coefficient (Wildman–Crippen LogP) is 5.91. The van der Waals surface area contributed by atoms with E-state index < -0.39 is 231 Å². The lowest BCUT2D eigenvalue weighted by atomic mass is 9.84. The molecule has 7 heterocycles. The SMILES string of the molecule is CN[C@H](CC(C)C)C(=O)N[C@H]1C(=O)N[C@@H](CC(N)=O)C(=O)N[C@H]2C(=O)NC3C(=O)N[C@H](C(=O)N[C@@H](C(=O)NCCCCN)c4cc(O)cc(O)c4-c4cc3ccc4O)[C@H](O)c3ccc(c(Cl)c3)Oc3cc2cc(c3OC2OC(CN=[N+]=[N-])C(O)C(O)C2OC2CC(C)(NCc3ccc(OCc4ccc(Cl)c(Cl)c4)cc3)C(O)C(C)O2)Oc2ccc(cc2Cl)[C@H]1O. The van der Waals surface area contributed by atoms with Gasteiger partial charge in [-0.1, -0.05) is 102 Å². The molecular weight excluding hydrogens is 1710 g/mol. The Kier molecular flexibility index (Phi) is 30.2. The van der Waals surface area contributed by atoms with Crippen LogP contribution in [0.15, 0.2) is 126 Å². The van der Waals surface area contributed by atoms with Crippen LogP contribution >= 0.6 is 46.4 Å². The van der Waals surface area contributed by atoms with Crippen molar-refractivity contribution in [3.8, 4) is 62.9 Å². The molecule has 7 aromatic carbocycles. The Hall–Kier alpha value is -11.1. The zero-order chi connectivity index (χ0) is 90.2. The van der Waals surface area contributed by atoms with Crippen molar-refractivity contribution in [1.82, 2.24) is 47.9 Å². The number of primary amides is 1. The van der Waals surface area contributed by atoms with E-state index in [9.17, 15) is 60.8 Å². The number of hydrogen-bond donors (Lipinski definition) is 19. The van der Waals surface area contributed by atoms with Gasteiger partial charge in [-0.15, -0.1) is 0 Å². The molecule has 0 spiro atoms. The highest BCUT2D eigenvalue weighted by molar-refractivity contribution is 6.42. The van der Waals surface area contributed by atoms with E-state index in [0.717, 1.165) is 71.8 Å². The van der Waals surface area contributed by atoms with Crippen molar-refractivity contribution in [2.24, 2.45) is 22.5 Å². The van der Waals surface area contributed by atoms with Gasteiger partial charge in [-0.25, -0.2) is 0 Å². The normalized spacial score (nSPS) is 25.9. The second-order valence-electron chi connectivity index (χ2n) is 31.3. The number of carbonyl (C=O) groups is 8. The van der Waals surface area contributed by atoms with Crippen molar-refractivity contribution in [3.63, 3.8) is 0 Å². The molecule has 7 aromatic rings. The maximum absolute atomic E-state index is 16.4. The average Bonchev–Trinajstić information content (AvgIpc) is 0.764. The van der Waals surface area contributed by atoms with E-state index in [1.807, 2.05) is 13.8 Å². The summed E-state index contributed by atoms with van der Waals surface area (Å²) in [6, 6.07) is 12.4. The van der Waals surface area contributed by atoms with Gasteiger partial charge < -0.3 is 133 Å². The van der Waals surface area contributed by atoms with Crippen molar-refractivity contribution in [1.29, 1.82) is 0 Å². The highest BCUT2D eigenvalue weighted by atomic mass is 35.5. The Balaban J connectivity index is 1.03. The van der Waals surface area contributed by atoms with Crippen LogP contribution in [0, 0.1) is 5.92 Å². The molecule has 10 unspecified atom stereocenters. The van der Waals surface area contributed by atoms with E-state index in [1.54, 1.807) is 56.3 Å². The number of amides is 8. The molecule has 37 nitrogen and oxygen atoms in total. The minimum atomic E-state index is -2.37. The minimum absolute atomic E-state index is 0.0342. The second-order valence-corrected chi connectivity index (χ2v) is 33.0. The zero-order valence-electron chi connectivity index (χ0n) is 67.7. The van der Waals surface area contributed by atoms with Crippen LogP contribution in [0.2, 0.25) is 20.1 Å². The molecule has 11 bridgehead atoms. The number of phenolic OH excluding ortho intramolecular Hbond substituents is 3. The molecule has 7 aliphatic rings. The topological polar surface area (TPSA) is 572 Å². The molecule has 0 aromatic heterocycles. The van der Waals surface area contributed by atoms with Crippen LogP contribution in [0.25, 0.3) is 21.6 Å². The van der Waals surface area contributed by atoms with Crippen molar-refractivity contribution < 1.29 is 112 Å². The van der Waals surface area contributed by atoms with E-state index in [-0.39, 0.29) is 78.0 Å². The van der Waals surface area contributed by atoms with Crippen LogP contribution in [0.5, 0.6) is 51.7 Å². The molecule has 125 heavy (non-hydrogen) atoms. The number of nitrogens with two attached hydrogens (primary N) is 2. The van der Waals surface area contributed by atoms with Gasteiger partial charge in [0.05, 0.1) is 57.4 Å². The Bertz CT molecular complexity index is 5270. The molecule has 666 valence electrons. The molecule has 7 aliphatic heterocycles. The van der Waals surface area contributed by atoms with Crippen molar-refractivity contribution in [2.45, 2.75) is 182 Å². The summed E-state index contributed by atoms with van der Waals surface area (Å²) in [5.74, 6) is -14.3. The first kappa shape index (κ1) is 93.1. The smallest absolute Gasteiger partial charge is 0.248 e. The summed E-state index contributed by atoms with van der Waals surface area (Å²) in [6.45, 7) is 6.73. The maximum atomic E-state index is 16.4. The van der Waals surface area contributed by atoms with E-state index in [4.69, 9.17) is 91.0 Å². The lowest BCUT2D eigenvalue weighted by Gasteiger charge is -2.48. The first-order valence-corrected chi connectivity index (χ1v) is 41.3. The summed E-state index contributed by atoms with van der Waals surface area (Å²) < 4.78 is 46.0. The molecule has 0 saturated carbocycles. The Morgan fingerprint density at radius 1 is 0.688 bits per heavy atom. The molecule has 18 atom stereocenters. The minimum Gasteiger partial charge on any atom is -0.508 e. The van der Waals surface area contributed by atoms with E-state index in [0.29, 0.717) is 28.6 Å². The number of unbranched alkanes of at least 4 members (excludes halogenated alkanes) is 1. The van der Waals surface area contributed by atoms with Gasteiger partial charge in [-0.05, 0) is 176 Å². The number of aromatic hydroxyl groups is 3. The number of likely N-dealkylation sites (N-methyl/N-ethyl adjacent to an activating group) is 1. The third-order valence-electron chi connectivity index (χ3n) is 21.8. The fourth-order valence-corrected chi connectivity index (χ4v) is 15.9. The number of fused-ring (bicyclic) bond motifs is 15. The summed E-state index contributed by atoms with van der Waals surface area (Å²) in [6.07, 6.45) is -18.1. The molecule has 2 saturated heterocycles. The van der Waals surface area contributed by atoms with Crippen molar-refractivity contribution in [2.75, 3.05) is 26.7 Å². The van der Waals surface area contributed by atoms with Crippen molar-refractivity contribution in [3.05, 3.63) is 191 Å². The fourth-order valence-electron chi connectivity index (χ4n) is 15.2. The van der Waals surface area contributed by atoms with Gasteiger partial charge in [-0.3, -0.25) is 38.4 Å². The van der Waals surface area contributed by atoms with Crippen LogP contribution in [0.1, 0.15) is 129 Å².